The van der Waals surface area contributed by atoms with Crippen molar-refractivity contribution in [3.8, 4) is 0 Å². The third-order valence-electron chi connectivity index (χ3n) is 0.825. The van der Waals surface area contributed by atoms with Crippen molar-refractivity contribution in [2.45, 2.75) is 0 Å². The second-order valence-electron chi connectivity index (χ2n) is 1.55. The van der Waals surface area contributed by atoms with Crippen LogP contribution in [0.4, 0.5) is 0 Å². The predicted octanol–water partition coefficient (Wildman–Crippen LogP) is 0.498. The molecule has 0 unspecified atom stereocenters. The van der Waals surface area contributed by atoms with Crippen LogP contribution in [0.15, 0.2) is 16.2 Å². The number of azide groups is 1. The van der Waals surface area contributed by atoms with Crippen LogP contribution in [0, 0.1) is 0 Å². The molecule has 1 rings (SSSR count). The Kier molecular flexibility index (Phi) is 1.62. The van der Waals surface area contributed by atoms with Crippen molar-refractivity contribution in [3.05, 3.63) is 21.5 Å². The summed E-state index contributed by atoms with van der Waals surface area (Å²) in [5.74, 6) is 0. The summed E-state index contributed by atoms with van der Waals surface area (Å²) in [5.41, 5.74) is 7.95. The molecule has 0 atom stereocenters. The Balaban J connectivity index is 2.97. The van der Waals surface area contributed by atoms with Gasteiger partial charge < -0.3 is 0 Å². The maximum Gasteiger partial charge on any atom is 0.290 e. The molecular weight excluding hydrogens is 158 g/mol. The molecule has 0 aliphatic carbocycles. The lowest BCUT2D eigenvalue weighted by atomic mass is 10.6. The number of rotatable bonds is 1. The van der Waals surface area contributed by atoms with Gasteiger partial charge in [0.1, 0.15) is 0 Å². The van der Waals surface area contributed by atoms with Gasteiger partial charge >= 0.3 is 0 Å². The minimum Gasteiger partial charge on any atom is -0.262 e. The fourth-order valence-electron chi connectivity index (χ4n) is 0.487. The Morgan fingerprint density at radius 2 is 2.50 bits per heavy atom. The Bertz CT molecular complexity index is 310. The summed E-state index contributed by atoms with van der Waals surface area (Å²) in [4.78, 5) is 2.40. The topological polar surface area (TPSA) is 92.1 Å². The smallest absolute Gasteiger partial charge is 0.262 e. The van der Waals surface area contributed by atoms with E-state index >= 15 is 0 Å². The van der Waals surface area contributed by atoms with Crippen molar-refractivity contribution >= 4 is 10.1 Å². The molecule has 0 aromatic carbocycles. The van der Waals surface area contributed by atoms with Crippen molar-refractivity contribution in [2.24, 2.45) is 5.11 Å². The molecule has 0 spiro atoms. The van der Waals surface area contributed by atoms with Gasteiger partial charge in [-0.1, -0.05) is 5.11 Å². The molecule has 10 heavy (non-hydrogen) atoms. The van der Waals surface area contributed by atoms with E-state index in [1.54, 1.807) is 0 Å². The van der Waals surface area contributed by atoms with Gasteiger partial charge in [-0.2, -0.15) is 8.42 Å². The summed E-state index contributed by atoms with van der Waals surface area (Å²) in [6.45, 7) is -0.160. The summed E-state index contributed by atoms with van der Waals surface area (Å²) in [5, 5.41) is 3.86. The molecular formula is C3H3N3O3S. The molecule has 0 saturated heterocycles. The highest BCUT2D eigenvalue weighted by molar-refractivity contribution is 7.89. The first-order chi connectivity index (χ1) is 4.64. The molecule has 6 nitrogen and oxygen atoms in total. The molecule has 0 fully saturated rings. The van der Waals surface area contributed by atoms with Crippen molar-refractivity contribution in [1.82, 2.24) is 0 Å². The molecule has 0 aromatic heterocycles. The van der Waals surface area contributed by atoms with Gasteiger partial charge in [0.25, 0.3) is 10.1 Å². The largest absolute Gasteiger partial charge is 0.290 e. The van der Waals surface area contributed by atoms with Gasteiger partial charge in [-0.25, -0.2) is 0 Å². The van der Waals surface area contributed by atoms with Crippen LogP contribution in [-0.4, -0.2) is 15.0 Å². The lowest BCUT2D eigenvalue weighted by Gasteiger charge is -1.84. The Hall–Kier alpha value is -1.04. The van der Waals surface area contributed by atoms with Crippen molar-refractivity contribution in [1.29, 1.82) is 0 Å². The van der Waals surface area contributed by atoms with E-state index in [4.69, 9.17) is 5.53 Å². The first-order valence-electron chi connectivity index (χ1n) is 2.29. The van der Waals surface area contributed by atoms with Crippen molar-refractivity contribution in [2.75, 3.05) is 6.61 Å². The first-order valence-corrected chi connectivity index (χ1v) is 3.76. The molecule has 1 heterocycles. The molecule has 1 aliphatic rings. The molecule has 0 N–H and O–H groups in total. The van der Waals surface area contributed by atoms with Crippen LogP contribution in [-0.2, 0) is 14.3 Å². The summed E-state index contributed by atoms with van der Waals surface area (Å²) < 4.78 is 25.1. The summed E-state index contributed by atoms with van der Waals surface area (Å²) in [7, 11) is -3.54. The zero-order valence-corrected chi connectivity index (χ0v) is 5.58. The zero-order chi connectivity index (χ0) is 7.61. The van der Waals surface area contributed by atoms with E-state index in [1.807, 2.05) is 0 Å². The van der Waals surface area contributed by atoms with Crippen molar-refractivity contribution in [3.63, 3.8) is 0 Å². The van der Waals surface area contributed by atoms with E-state index in [0.29, 0.717) is 0 Å². The Morgan fingerprint density at radius 1 is 1.80 bits per heavy atom. The Labute approximate surface area is 56.9 Å². The molecule has 54 valence electrons. The fourth-order valence-corrected chi connectivity index (χ4v) is 1.29. The van der Waals surface area contributed by atoms with E-state index in [9.17, 15) is 8.42 Å². The molecule has 0 radical (unpaired) electrons. The predicted molar refractivity (Wildman–Crippen MR) is 32.1 cm³/mol. The van der Waals surface area contributed by atoms with E-state index in [1.165, 1.54) is 0 Å². The summed E-state index contributed by atoms with van der Waals surface area (Å²) in [6.07, 6.45) is 0. The van der Waals surface area contributed by atoms with Gasteiger partial charge in [0.05, 0.1) is 17.7 Å². The summed E-state index contributed by atoms with van der Waals surface area (Å²) >= 11 is 0. The van der Waals surface area contributed by atoms with Crippen LogP contribution in [0.2, 0.25) is 0 Å². The molecule has 1 aliphatic heterocycles. The number of hydrogen-bond donors (Lipinski definition) is 0. The van der Waals surface area contributed by atoms with E-state index in [2.05, 4.69) is 14.2 Å². The number of hydrogen-bond acceptors (Lipinski definition) is 4. The maximum atomic E-state index is 10.4. The van der Waals surface area contributed by atoms with Gasteiger partial charge in [0.2, 0.25) is 0 Å². The monoisotopic (exact) mass is 161 g/mol. The molecule has 0 bridgehead atoms. The molecule has 7 heteroatoms. The summed E-state index contributed by atoms with van der Waals surface area (Å²) in [6, 6.07) is 0. The Morgan fingerprint density at radius 3 is 2.90 bits per heavy atom. The highest BCUT2D eigenvalue weighted by Crippen LogP contribution is 2.13. The van der Waals surface area contributed by atoms with E-state index < -0.39 is 10.1 Å². The average molecular weight is 161 g/mol. The maximum absolute atomic E-state index is 10.4. The van der Waals surface area contributed by atoms with Crippen LogP contribution >= 0.6 is 0 Å². The standard InChI is InChI=1S/C3H3N3O3S/c4-6-5-3-1-9-10(7,8)2-3/h2H,1H2. The number of nitrogens with zero attached hydrogens (tertiary/aromatic N) is 3. The molecule has 0 amide bonds. The second kappa shape index (κ2) is 2.30. The minimum absolute atomic E-state index is 0.0856. The highest BCUT2D eigenvalue weighted by Gasteiger charge is 2.17. The third kappa shape index (κ3) is 1.47. The van der Waals surface area contributed by atoms with Gasteiger partial charge in [-0.05, 0) is 5.53 Å². The first kappa shape index (κ1) is 7.07. The quantitative estimate of drug-likeness (QED) is 0.242. The van der Waals surface area contributed by atoms with Crippen LogP contribution in [0.3, 0.4) is 0 Å². The SMILES string of the molecule is [N-]=[N+]=NC1=CS(=O)(=O)OC1. The van der Waals surface area contributed by atoms with Crippen LogP contribution in [0.5, 0.6) is 0 Å². The fraction of sp³-hybridized carbons (Fsp3) is 0.333. The van der Waals surface area contributed by atoms with Gasteiger partial charge in [0.15, 0.2) is 0 Å². The third-order valence-corrected chi connectivity index (χ3v) is 1.83. The van der Waals surface area contributed by atoms with E-state index in [0.717, 1.165) is 5.41 Å². The molecule has 0 saturated carbocycles. The normalized spacial score (nSPS) is 21.4. The van der Waals surface area contributed by atoms with Gasteiger partial charge in [-0.15, -0.1) is 0 Å². The van der Waals surface area contributed by atoms with Crippen LogP contribution in [0.1, 0.15) is 0 Å². The van der Waals surface area contributed by atoms with Gasteiger partial charge in [0, 0.05) is 4.91 Å². The zero-order valence-electron chi connectivity index (χ0n) is 4.76. The second-order valence-corrected chi connectivity index (χ2v) is 3.01. The highest BCUT2D eigenvalue weighted by atomic mass is 32.2. The van der Waals surface area contributed by atoms with Gasteiger partial charge in [-0.3, -0.25) is 4.18 Å². The van der Waals surface area contributed by atoms with E-state index in [-0.39, 0.29) is 12.3 Å². The van der Waals surface area contributed by atoms with Crippen LogP contribution in [0.25, 0.3) is 10.4 Å². The molecule has 0 aromatic rings. The lowest BCUT2D eigenvalue weighted by molar-refractivity contribution is 0.366. The average Bonchev–Trinajstić information content (AvgIpc) is 2.12. The van der Waals surface area contributed by atoms with Crippen LogP contribution < -0.4 is 0 Å². The lowest BCUT2D eigenvalue weighted by Crippen LogP contribution is -1.92. The van der Waals surface area contributed by atoms with Crippen molar-refractivity contribution < 1.29 is 12.6 Å². The minimum atomic E-state index is -3.54.